The highest BCUT2D eigenvalue weighted by molar-refractivity contribution is 5.91. The van der Waals surface area contributed by atoms with E-state index in [0.29, 0.717) is 11.4 Å². The van der Waals surface area contributed by atoms with Crippen molar-refractivity contribution in [1.82, 2.24) is 18.9 Å². The Kier molecular flexibility index (Phi) is 4.61. The van der Waals surface area contributed by atoms with Crippen molar-refractivity contribution in [3.05, 3.63) is 60.0 Å². The van der Waals surface area contributed by atoms with Crippen molar-refractivity contribution in [1.29, 1.82) is 0 Å². The average molecular weight is 392 g/mol. The van der Waals surface area contributed by atoms with Crippen LogP contribution in [0.1, 0.15) is 10.5 Å². The standard InChI is InChI=1S/C22H21FN4O2/c23-17-7-5-16(6-8-17)21-20(15-28)27-19-4-2-1-3-18(19)26(22(27)24-21)10-9-25-11-13-29-14-12-25/h1-8,15H,9-14H2. The second-order valence-corrected chi connectivity index (χ2v) is 7.20. The maximum Gasteiger partial charge on any atom is 0.216 e. The van der Waals surface area contributed by atoms with Gasteiger partial charge in [-0.25, -0.2) is 9.37 Å². The van der Waals surface area contributed by atoms with Crippen molar-refractivity contribution in [2.45, 2.75) is 6.54 Å². The molecule has 2 aromatic heterocycles. The van der Waals surface area contributed by atoms with E-state index in [1.807, 2.05) is 22.6 Å². The number of fused-ring (bicyclic) bond motifs is 3. The highest BCUT2D eigenvalue weighted by Crippen LogP contribution is 2.29. The number of hydrogen-bond donors (Lipinski definition) is 0. The minimum absolute atomic E-state index is 0.314. The van der Waals surface area contributed by atoms with Crippen LogP contribution in [-0.4, -0.2) is 58.0 Å². The van der Waals surface area contributed by atoms with Crippen molar-refractivity contribution < 1.29 is 13.9 Å². The maximum atomic E-state index is 13.4. The molecule has 148 valence electrons. The fraction of sp³-hybridized carbons (Fsp3) is 0.273. The van der Waals surface area contributed by atoms with Crippen LogP contribution in [0.25, 0.3) is 28.1 Å². The zero-order valence-corrected chi connectivity index (χ0v) is 15.9. The number of nitrogens with zero attached hydrogens (tertiary/aromatic N) is 4. The second-order valence-electron chi connectivity index (χ2n) is 7.20. The van der Waals surface area contributed by atoms with Gasteiger partial charge >= 0.3 is 0 Å². The van der Waals surface area contributed by atoms with E-state index in [1.54, 1.807) is 12.1 Å². The molecule has 3 heterocycles. The van der Waals surface area contributed by atoms with Crippen LogP contribution in [0.15, 0.2) is 48.5 Å². The van der Waals surface area contributed by atoms with Crippen LogP contribution >= 0.6 is 0 Å². The molecular formula is C22H21FN4O2. The molecule has 1 aliphatic rings. The molecule has 0 radical (unpaired) electrons. The molecule has 2 aromatic carbocycles. The topological polar surface area (TPSA) is 51.8 Å². The highest BCUT2D eigenvalue weighted by atomic mass is 19.1. The zero-order chi connectivity index (χ0) is 19.8. The number of imidazole rings is 2. The number of aldehydes is 1. The molecule has 29 heavy (non-hydrogen) atoms. The first-order valence-electron chi connectivity index (χ1n) is 9.77. The summed E-state index contributed by atoms with van der Waals surface area (Å²) in [7, 11) is 0. The van der Waals surface area contributed by atoms with Gasteiger partial charge in [0.25, 0.3) is 0 Å². The number of aromatic nitrogens is 3. The molecule has 0 spiro atoms. The smallest absolute Gasteiger partial charge is 0.216 e. The Bertz CT molecular complexity index is 1170. The lowest BCUT2D eigenvalue weighted by atomic mass is 10.1. The van der Waals surface area contributed by atoms with Gasteiger partial charge in [0.05, 0.1) is 24.2 Å². The maximum absolute atomic E-state index is 13.4. The number of rotatable bonds is 5. The Balaban J connectivity index is 1.64. The van der Waals surface area contributed by atoms with Crippen LogP contribution < -0.4 is 0 Å². The van der Waals surface area contributed by atoms with Crippen LogP contribution in [0, 0.1) is 5.82 Å². The molecule has 1 fully saturated rings. The Morgan fingerprint density at radius 3 is 2.45 bits per heavy atom. The first-order chi connectivity index (χ1) is 14.3. The summed E-state index contributed by atoms with van der Waals surface area (Å²) in [6, 6.07) is 14.1. The van der Waals surface area contributed by atoms with Gasteiger partial charge in [0.15, 0.2) is 6.29 Å². The van der Waals surface area contributed by atoms with E-state index in [-0.39, 0.29) is 5.82 Å². The van der Waals surface area contributed by atoms with Gasteiger partial charge in [-0.05, 0) is 36.4 Å². The van der Waals surface area contributed by atoms with E-state index in [4.69, 9.17) is 9.72 Å². The summed E-state index contributed by atoms with van der Waals surface area (Å²) in [6.07, 6.45) is 0.831. The molecule has 5 rings (SSSR count). The number of carbonyl (C=O) groups is 1. The number of para-hydroxylation sites is 2. The van der Waals surface area contributed by atoms with E-state index in [1.165, 1.54) is 12.1 Å². The number of morpholine rings is 1. The Hall–Kier alpha value is -3.03. The third-order valence-corrected chi connectivity index (χ3v) is 5.52. The summed E-state index contributed by atoms with van der Waals surface area (Å²) in [5.74, 6) is 0.409. The lowest BCUT2D eigenvalue weighted by Crippen LogP contribution is -2.38. The molecule has 0 atom stereocenters. The average Bonchev–Trinajstić information content (AvgIpc) is 3.28. The van der Waals surface area contributed by atoms with Gasteiger partial charge in [-0.15, -0.1) is 0 Å². The van der Waals surface area contributed by atoms with Crippen molar-refractivity contribution in [2.24, 2.45) is 0 Å². The zero-order valence-electron chi connectivity index (χ0n) is 15.9. The highest BCUT2D eigenvalue weighted by Gasteiger charge is 2.21. The molecule has 6 nitrogen and oxygen atoms in total. The molecule has 0 saturated carbocycles. The SMILES string of the molecule is O=Cc1c(-c2ccc(F)cc2)nc2n(CCN3CCOCC3)c3ccccc3n12. The number of halogens is 1. The number of hydrogen-bond acceptors (Lipinski definition) is 4. The van der Waals surface area contributed by atoms with E-state index in [0.717, 1.165) is 68.1 Å². The number of benzene rings is 2. The summed E-state index contributed by atoms with van der Waals surface area (Å²) >= 11 is 0. The molecular weight excluding hydrogens is 371 g/mol. The molecule has 7 heteroatoms. The Labute approximate surface area is 167 Å². The molecule has 4 aromatic rings. The van der Waals surface area contributed by atoms with Gasteiger partial charge in [0, 0.05) is 31.7 Å². The summed E-state index contributed by atoms with van der Waals surface area (Å²) in [5.41, 5.74) is 3.75. The van der Waals surface area contributed by atoms with Gasteiger partial charge in [0.1, 0.15) is 17.2 Å². The molecule has 0 unspecified atom stereocenters. The quantitative estimate of drug-likeness (QED) is 0.490. The van der Waals surface area contributed by atoms with Crippen LogP contribution in [0.2, 0.25) is 0 Å². The first-order valence-corrected chi connectivity index (χ1v) is 9.77. The predicted molar refractivity (Wildman–Crippen MR) is 109 cm³/mol. The van der Waals surface area contributed by atoms with Crippen molar-refractivity contribution >= 4 is 23.1 Å². The van der Waals surface area contributed by atoms with E-state index in [9.17, 15) is 9.18 Å². The Morgan fingerprint density at radius 2 is 1.72 bits per heavy atom. The van der Waals surface area contributed by atoms with Crippen molar-refractivity contribution in [3.8, 4) is 11.3 Å². The summed E-state index contributed by atoms with van der Waals surface area (Å²) in [5, 5.41) is 0. The molecule has 0 aliphatic carbocycles. The summed E-state index contributed by atoms with van der Waals surface area (Å²) in [6.45, 7) is 5.00. The lowest BCUT2D eigenvalue weighted by molar-refractivity contribution is 0.0366. The Morgan fingerprint density at radius 1 is 1.00 bits per heavy atom. The molecule has 1 aliphatic heterocycles. The molecule has 0 N–H and O–H groups in total. The van der Waals surface area contributed by atoms with Crippen LogP contribution in [0.4, 0.5) is 4.39 Å². The molecule has 0 bridgehead atoms. The van der Waals surface area contributed by atoms with Crippen LogP contribution in [-0.2, 0) is 11.3 Å². The monoisotopic (exact) mass is 392 g/mol. The van der Waals surface area contributed by atoms with Gasteiger partial charge in [-0.2, -0.15) is 0 Å². The van der Waals surface area contributed by atoms with Gasteiger partial charge in [0.2, 0.25) is 5.78 Å². The van der Waals surface area contributed by atoms with E-state index < -0.39 is 0 Å². The van der Waals surface area contributed by atoms with Crippen LogP contribution in [0.5, 0.6) is 0 Å². The molecule has 1 saturated heterocycles. The number of ether oxygens (including phenoxy) is 1. The van der Waals surface area contributed by atoms with Gasteiger partial charge < -0.3 is 9.30 Å². The largest absolute Gasteiger partial charge is 0.379 e. The minimum Gasteiger partial charge on any atom is -0.379 e. The second kappa shape index (κ2) is 7.42. The van der Waals surface area contributed by atoms with E-state index in [2.05, 4.69) is 15.5 Å². The third kappa shape index (κ3) is 3.12. The van der Waals surface area contributed by atoms with Crippen molar-refractivity contribution in [3.63, 3.8) is 0 Å². The third-order valence-electron chi connectivity index (χ3n) is 5.52. The summed E-state index contributed by atoms with van der Waals surface area (Å²) < 4.78 is 22.9. The minimum atomic E-state index is -0.314. The van der Waals surface area contributed by atoms with Gasteiger partial charge in [-0.3, -0.25) is 14.1 Å². The van der Waals surface area contributed by atoms with Crippen molar-refractivity contribution in [2.75, 3.05) is 32.8 Å². The fourth-order valence-corrected chi connectivity index (χ4v) is 4.04. The lowest BCUT2D eigenvalue weighted by Gasteiger charge is -2.26. The fourth-order valence-electron chi connectivity index (χ4n) is 4.04. The normalized spacial score (nSPS) is 15.3. The number of carbonyl (C=O) groups excluding carboxylic acids is 1. The van der Waals surface area contributed by atoms with Gasteiger partial charge in [-0.1, -0.05) is 12.1 Å². The first kappa shape index (κ1) is 18.0. The van der Waals surface area contributed by atoms with E-state index >= 15 is 0 Å². The molecule has 0 amide bonds. The predicted octanol–water partition coefficient (Wildman–Crippen LogP) is 3.24. The van der Waals surface area contributed by atoms with Crippen LogP contribution in [0.3, 0.4) is 0 Å². The summed E-state index contributed by atoms with van der Waals surface area (Å²) in [4.78, 5) is 19.2.